The Morgan fingerprint density at radius 2 is 2.13 bits per heavy atom. The SMILES string of the molecule is O=C1CCCOCC(=O)N1CC[N+](=O)[O-]. The molecule has 7 nitrogen and oxygen atoms in total. The van der Waals surface area contributed by atoms with Gasteiger partial charge in [0.2, 0.25) is 12.5 Å². The molecule has 0 unspecified atom stereocenters. The fraction of sp³-hybridized carbons (Fsp3) is 0.750. The Morgan fingerprint density at radius 3 is 2.80 bits per heavy atom. The van der Waals surface area contributed by atoms with Crippen molar-refractivity contribution in [3.8, 4) is 0 Å². The van der Waals surface area contributed by atoms with Gasteiger partial charge in [0.1, 0.15) is 6.61 Å². The van der Waals surface area contributed by atoms with E-state index in [0.29, 0.717) is 13.0 Å². The number of rotatable bonds is 3. The van der Waals surface area contributed by atoms with Gasteiger partial charge in [-0.2, -0.15) is 0 Å². The van der Waals surface area contributed by atoms with Gasteiger partial charge in [-0.1, -0.05) is 0 Å². The molecule has 0 aromatic rings. The lowest BCUT2D eigenvalue weighted by Crippen LogP contribution is -2.43. The number of nitro groups is 1. The summed E-state index contributed by atoms with van der Waals surface area (Å²) in [7, 11) is 0. The van der Waals surface area contributed by atoms with Crippen molar-refractivity contribution in [3.63, 3.8) is 0 Å². The summed E-state index contributed by atoms with van der Waals surface area (Å²) >= 11 is 0. The maximum absolute atomic E-state index is 11.4. The first-order valence-corrected chi connectivity index (χ1v) is 4.64. The minimum atomic E-state index is -0.555. The second-order valence-corrected chi connectivity index (χ2v) is 3.15. The van der Waals surface area contributed by atoms with Crippen molar-refractivity contribution in [2.75, 3.05) is 26.3 Å². The van der Waals surface area contributed by atoms with Crippen molar-refractivity contribution in [2.24, 2.45) is 0 Å². The van der Waals surface area contributed by atoms with E-state index in [0.717, 1.165) is 4.90 Å². The number of hydrogen-bond acceptors (Lipinski definition) is 5. The Labute approximate surface area is 86.1 Å². The van der Waals surface area contributed by atoms with E-state index in [9.17, 15) is 19.7 Å². The van der Waals surface area contributed by atoms with Crippen LogP contribution in [-0.4, -0.2) is 47.9 Å². The Balaban J connectivity index is 2.57. The molecule has 1 fully saturated rings. The van der Waals surface area contributed by atoms with E-state index in [4.69, 9.17) is 4.74 Å². The van der Waals surface area contributed by atoms with Gasteiger partial charge >= 0.3 is 0 Å². The molecular formula is C8H12N2O5. The first-order valence-electron chi connectivity index (χ1n) is 4.64. The molecule has 0 aromatic carbocycles. The van der Waals surface area contributed by atoms with E-state index in [-0.39, 0.29) is 25.5 Å². The van der Waals surface area contributed by atoms with Crippen molar-refractivity contribution in [3.05, 3.63) is 10.1 Å². The van der Waals surface area contributed by atoms with E-state index in [1.807, 2.05) is 0 Å². The van der Waals surface area contributed by atoms with Crippen LogP contribution in [0.2, 0.25) is 0 Å². The van der Waals surface area contributed by atoms with Gasteiger partial charge in [0.25, 0.3) is 5.91 Å². The number of carbonyl (C=O) groups excluding carboxylic acids is 2. The summed E-state index contributed by atoms with van der Waals surface area (Å²) in [5.74, 6) is -0.855. The smallest absolute Gasteiger partial charge is 0.255 e. The van der Waals surface area contributed by atoms with Crippen LogP contribution < -0.4 is 0 Å². The number of hydrogen-bond donors (Lipinski definition) is 0. The zero-order valence-corrected chi connectivity index (χ0v) is 8.18. The normalized spacial score (nSPS) is 18.5. The Hall–Kier alpha value is -1.50. The lowest BCUT2D eigenvalue weighted by atomic mass is 10.2. The third-order valence-electron chi connectivity index (χ3n) is 2.01. The Morgan fingerprint density at radius 1 is 1.40 bits per heavy atom. The molecule has 0 aromatic heterocycles. The third kappa shape index (κ3) is 3.62. The van der Waals surface area contributed by atoms with Crippen LogP contribution in [0.3, 0.4) is 0 Å². The highest BCUT2D eigenvalue weighted by molar-refractivity contribution is 5.96. The predicted octanol–water partition coefficient (Wildman–Crippen LogP) is -0.571. The van der Waals surface area contributed by atoms with Gasteiger partial charge in [0.05, 0.1) is 6.54 Å². The number of ether oxygens (including phenoxy) is 1. The molecule has 0 N–H and O–H groups in total. The van der Waals surface area contributed by atoms with E-state index < -0.39 is 17.4 Å². The van der Waals surface area contributed by atoms with E-state index in [1.165, 1.54) is 0 Å². The first kappa shape index (κ1) is 11.6. The zero-order chi connectivity index (χ0) is 11.3. The molecule has 0 bridgehead atoms. The minimum Gasteiger partial charge on any atom is -0.372 e. The maximum Gasteiger partial charge on any atom is 0.255 e. The second kappa shape index (κ2) is 5.40. The number of carbonyl (C=O) groups is 2. The molecule has 0 saturated carbocycles. The minimum absolute atomic E-state index is 0.173. The lowest BCUT2D eigenvalue weighted by Gasteiger charge is -2.21. The van der Waals surface area contributed by atoms with Crippen molar-refractivity contribution in [2.45, 2.75) is 12.8 Å². The summed E-state index contributed by atoms with van der Waals surface area (Å²) in [5, 5.41) is 10.1. The third-order valence-corrected chi connectivity index (χ3v) is 2.01. The van der Waals surface area contributed by atoms with Crippen molar-refractivity contribution >= 4 is 11.8 Å². The molecule has 1 rings (SSSR count). The molecule has 0 aliphatic carbocycles. The summed E-state index contributed by atoms with van der Waals surface area (Å²) in [4.78, 5) is 33.2. The molecule has 84 valence electrons. The molecule has 1 aliphatic rings. The number of amides is 2. The van der Waals surface area contributed by atoms with Gasteiger partial charge in [-0.05, 0) is 6.42 Å². The van der Waals surface area contributed by atoms with Crippen LogP contribution in [0.15, 0.2) is 0 Å². The highest BCUT2D eigenvalue weighted by atomic mass is 16.6. The van der Waals surface area contributed by atoms with E-state index >= 15 is 0 Å². The van der Waals surface area contributed by atoms with Crippen LogP contribution in [0.4, 0.5) is 0 Å². The fourth-order valence-electron chi connectivity index (χ4n) is 1.27. The first-order chi connectivity index (χ1) is 7.11. The molecule has 2 amide bonds. The van der Waals surface area contributed by atoms with Gasteiger partial charge in [-0.3, -0.25) is 24.6 Å². The van der Waals surface area contributed by atoms with Crippen LogP contribution in [0.1, 0.15) is 12.8 Å². The van der Waals surface area contributed by atoms with Crippen LogP contribution in [0.5, 0.6) is 0 Å². The van der Waals surface area contributed by atoms with Crippen molar-refractivity contribution < 1.29 is 19.2 Å². The molecule has 15 heavy (non-hydrogen) atoms. The van der Waals surface area contributed by atoms with Crippen LogP contribution in [0, 0.1) is 10.1 Å². The largest absolute Gasteiger partial charge is 0.372 e. The molecular weight excluding hydrogens is 204 g/mol. The summed E-state index contributed by atoms with van der Waals surface area (Å²) in [6.07, 6.45) is 0.741. The standard InChI is InChI=1S/C8H12N2O5/c11-7-2-1-5-15-6-8(12)9(7)3-4-10(13)14/h1-6H2. The van der Waals surface area contributed by atoms with Gasteiger partial charge in [0.15, 0.2) is 0 Å². The fourth-order valence-corrected chi connectivity index (χ4v) is 1.27. The van der Waals surface area contributed by atoms with Crippen LogP contribution in [-0.2, 0) is 14.3 Å². The number of nitrogens with zero attached hydrogens (tertiary/aromatic N) is 2. The average Bonchev–Trinajstić information content (AvgIpc) is 2.14. The average molecular weight is 216 g/mol. The molecule has 0 radical (unpaired) electrons. The quantitative estimate of drug-likeness (QED) is 0.358. The monoisotopic (exact) mass is 216 g/mol. The summed E-state index contributed by atoms with van der Waals surface area (Å²) in [6, 6.07) is 0. The molecule has 1 saturated heterocycles. The topological polar surface area (TPSA) is 89.8 Å². The van der Waals surface area contributed by atoms with Crippen LogP contribution >= 0.6 is 0 Å². The van der Waals surface area contributed by atoms with Crippen molar-refractivity contribution in [1.29, 1.82) is 0 Å². The Kier molecular flexibility index (Phi) is 4.17. The highest BCUT2D eigenvalue weighted by Crippen LogP contribution is 2.04. The summed E-state index contributed by atoms with van der Waals surface area (Å²) in [5.41, 5.74) is 0. The highest BCUT2D eigenvalue weighted by Gasteiger charge is 2.24. The maximum atomic E-state index is 11.4. The van der Waals surface area contributed by atoms with Gasteiger partial charge in [-0.15, -0.1) is 0 Å². The molecule has 0 atom stereocenters. The molecule has 0 spiro atoms. The number of imide groups is 1. The van der Waals surface area contributed by atoms with Gasteiger partial charge in [0, 0.05) is 18.0 Å². The molecule has 7 heteroatoms. The van der Waals surface area contributed by atoms with Gasteiger partial charge in [-0.25, -0.2) is 0 Å². The summed E-state index contributed by atoms with van der Waals surface area (Å²) < 4.78 is 4.96. The van der Waals surface area contributed by atoms with E-state index in [1.54, 1.807) is 0 Å². The predicted molar refractivity (Wildman–Crippen MR) is 48.6 cm³/mol. The van der Waals surface area contributed by atoms with Crippen LogP contribution in [0.25, 0.3) is 0 Å². The second-order valence-electron chi connectivity index (χ2n) is 3.15. The lowest BCUT2D eigenvalue weighted by molar-refractivity contribution is -0.479. The molecule has 1 heterocycles. The molecule has 1 aliphatic heterocycles. The van der Waals surface area contributed by atoms with E-state index in [2.05, 4.69) is 0 Å². The zero-order valence-electron chi connectivity index (χ0n) is 8.18. The summed E-state index contributed by atoms with van der Waals surface area (Å²) in [6.45, 7) is -0.393. The Bertz CT molecular complexity index is 260. The van der Waals surface area contributed by atoms with Gasteiger partial charge < -0.3 is 4.74 Å². The van der Waals surface area contributed by atoms with Crippen molar-refractivity contribution in [1.82, 2.24) is 4.90 Å².